The number of hydrogen-bond donors (Lipinski definition) is 4. The minimum atomic E-state index is -1.27. The number of aromatic amines is 1. The minimum absolute atomic E-state index is 0.0297. The molecule has 0 bridgehead atoms. The monoisotopic (exact) mass is 1020 g/mol. The summed E-state index contributed by atoms with van der Waals surface area (Å²) in [5.74, 6) is -2.28. The number of nitrogens with one attached hydrogen (secondary N) is 3. The minimum Gasteiger partial charge on any atom is -0.497 e. The summed E-state index contributed by atoms with van der Waals surface area (Å²) < 4.78 is 53.8. The van der Waals surface area contributed by atoms with E-state index < -0.39 is 95.7 Å². The van der Waals surface area contributed by atoms with Crippen LogP contribution < -0.4 is 31.4 Å². The Morgan fingerprint density at radius 2 is 1.34 bits per heavy atom. The van der Waals surface area contributed by atoms with Gasteiger partial charge in [0.1, 0.15) is 48.2 Å². The lowest BCUT2D eigenvalue weighted by Gasteiger charge is -2.44. The lowest BCUT2D eigenvalue weighted by atomic mass is 9.80. The number of esters is 3. The number of hydrogen-bond acceptors (Lipinski definition) is 17. The number of ether oxygens (including phenoxy) is 9. The average molecular weight is 1020 g/mol. The van der Waals surface area contributed by atoms with E-state index in [4.69, 9.17) is 42.6 Å². The molecule has 3 heterocycles. The topological polar surface area (TPSA) is 268 Å². The van der Waals surface area contributed by atoms with Gasteiger partial charge in [0, 0.05) is 65.4 Å². The molecule has 73 heavy (non-hydrogen) atoms. The van der Waals surface area contributed by atoms with Crippen molar-refractivity contribution in [1.29, 1.82) is 0 Å². The molecule has 2 aliphatic heterocycles. The third kappa shape index (κ3) is 14.4. The predicted molar refractivity (Wildman–Crippen MR) is 259 cm³/mol. The van der Waals surface area contributed by atoms with Crippen LogP contribution in [0.25, 0.3) is 0 Å². The SMILES string of the molecule is COc1ccc(C(OC[C@H]2O[C@@H](n3ccc(=O)[nH]c3=O)[C@H](CCCNC(=O)CCCCOC3OC(COC(C)=O)C(OC(C)=O)C(OC(C)=O)C3NC(C)=O)[C@@H]2O)(c2ccccc2)c2ccc(OC)cc2)cc1. The van der Waals surface area contributed by atoms with E-state index in [1.807, 2.05) is 78.9 Å². The molecule has 1 aromatic heterocycles. The van der Waals surface area contributed by atoms with Gasteiger partial charge in [-0.25, -0.2) is 4.79 Å². The quantitative estimate of drug-likeness (QED) is 0.0340. The van der Waals surface area contributed by atoms with Gasteiger partial charge in [0.05, 0.1) is 26.9 Å². The van der Waals surface area contributed by atoms with Gasteiger partial charge in [0.25, 0.3) is 5.56 Å². The van der Waals surface area contributed by atoms with Gasteiger partial charge in [0.15, 0.2) is 18.5 Å². The largest absolute Gasteiger partial charge is 0.497 e. The number of aliphatic hydroxyl groups excluding tert-OH is 1. The first-order valence-electron chi connectivity index (χ1n) is 24.0. The molecule has 2 saturated heterocycles. The second-order valence-corrected chi connectivity index (χ2v) is 17.6. The Balaban J connectivity index is 1.10. The molecular formula is C52H64N4O17. The Hall–Kier alpha value is -6.91. The summed E-state index contributed by atoms with van der Waals surface area (Å²) in [4.78, 5) is 88.8. The number of nitrogens with zero attached hydrogens (tertiary/aromatic N) is 1. The average Bonchev–Trinajstić information content (AvgIpc) is 3.67. The van der Waals surface area contributed by atoms with Crippen LogP contribution in [0.3, 0.4) is 0 Å². The first kappa shape index (κ1) is 55.4. The van der Waals surface area contributed by atoms with E-state index in [2.05, 4.69) is 15.6 Å². The van der Waals surface area contributed by atoms with Gasteiger partial charge in [0.2, 0.25) is 11.8 Å². The Bertz CT molecular complexity index is 2540. The molecular weight excluding hydrogens is 953 g/mol. The third-order valence-electron chi connectivity index (χ3n) is 12.5. The van der Waals surface area contributed by atoms with Crippen LogP contribution in [0.5, 0.6) is 11.5 Å². The number of carbonyl (C=O) groups excluding carboxylic acids is 5. The van der Waals surface area contributed by atoms with Crippen molar-refractivity contribution in [2.24, 2.45) is 5.92 Å². The predicted octanol–water partition coefficient (Wildman–Crippen LogP) is 3.18. The Labute approximate surface area is 421 Å². The van der Waals surface area contributed by atoms with Crippen molar-refractivity contribution in [3.63, 3.8) is 0 Å². The summed E-state index contributed by atoms with van der Waals surface area (Å²) in [7, 11) is 3.16. The molecule has 2 fully saturated rings. The molecule has 2 aliphatic rings. The molecule has 394 valence electrons. The van der Waals surface area contributed by atoms with Gasteiger partial charge < -0.3 is 58.4 Å². The van der Waals surface area contributed by atoms with Crippen molar-refractivity contribution < 1.29 is 71.7 Å². The van der Waals surface area contributed by atoms with Crippen molar-refractivity contribution in [2.75, 3.05) is 40.6 Å². The van der Waals surface area contributed by atoms with Crippen molar-refractivity contribution in [3.8, 4) is 11.5 Å². The number of rotatable bonds is 24. The van der Waals surface area contributed by atoms with Gasteiger partial charge in [-0.3, -0.25) is 38.3 Å². The summed E-state index contributed by atoms with van der Waals surface area (Å²) in [5.41, 5.74) is -0.246. The first-order valence-corrected chi connectivity index (χ1v) is 24.0. The molecule has 3 aromatic carbocycles. The van der Waals surface area contributed by atoms with E-state index in [-0.39, 0.29) is 38.7 Å². The molecule has 6 rings (SSSR count). The molecule has 4 N–H and O–H groups in total. The number of aliphatic hydroxyl groups is 1. The van der Waals surface area contributed by atoms with E-state index in [1.54, 1.807) is 14.2 Å². The van der Waals surface area contributed by atoms with Crippen LogP contribution >= 0.6 is 0 Å². The number of aromatic nitrogens is 2. The fraction of sp³-hybridized carbons (Fsp3) is 0.481. The van der Waals surface area contributed by atoms with Crippen LogP contribution in [0.2, 0.25) is 0 Å². The number of unbranched alkanes of at least 4 members (excludes halogenated alkanes) is 1. The number of H-pyrrole nitrogens is 1. The van der Waals surface area contributed by atoms with Crippen molar-refractivity contribution in [1.82, 2.24) is 20.2 Å². The normalized spacial score (nSPS) is 22.6. The van der Waals surface area contributed by atoms with Crippen LogP contribution in [0, 0.1) is 5.92 Å². The maximum Gasteiger partial charge on any atom is 0.330 e. The molecule has 0 aliphatic carbocycles. The zero-order chi connectivity index (χ0) is 52.7. The van der Waals surface area contributed by atoms with E-state index in [9.17, 15) is 38.7 Å². The van der Waals surface area contributed by atoms with Crippen molar-refractivity contribution in [2.45, 2.75) is 114 Å². The zero-order valence-electron chi connectivity index (χ0n) is 41.6. The Morgan fingerprint density at radius 1 is 0.726 bits per heavy atom. The third-order valence-corrected chi connectivity index (χ3v) is 12.5. The fourth-order valence-electron chi connectivity index (χ4n) is 9.11. The van der Waals surface area contributed by atoms with E-state index in [0.29, 0.717) is 37.2 Å². The summed E-state index contributed by atoms with van der Waals surface area (Å²) in [6.45, 7) is 4.44. The van der Waals surface area contributed by atoms with Crippen LogP contribution in [-0.2, 0) is 62.7 Å². The summed E-state index contributed by atoms with van der Waals surface area (Å²) in [6.07, 6.45) is -5.19. The van der Waals surface area contributed by atoms with Crippen LogP contribution in [0.4, 0.5) is 0 Å². The molecule has 0 radical (unpaired) electrons. The molecule has 2 amide bonds. The van der Waals surface area contributed by atoms with E-state index in [0.717, 1.165) is 30.5 Å². The summed E-state index contributed by atoms with van der Waals surface area (Å²) in [5, 5.41) is 17.6. The van der Waals surface area contributed by atoms with Gasteiger partial charge in [-0.2, -0.15) is 0 Å². The first-order chi connectivity index (χ1) is 35.0. The lowest BCUT2D eigenvalue weighted by Crippen LogP contribution is -2.66. The lowest BCUT2D eigenvalue weighted by molar-refractivity contribution is -0.277. The second-order valence-electron chi connectivity index (χ2n) is 17.6. The molecule has 5 unspecified atom stereocenters. The summed E-state index contributed by atoms with van der Waals surface area (Å²) >= 11 is 0. The van der Waals surface area contributed by atoms with Crippen molar-refractivity contribution in [3.05, 3.63) is 129 Å². The summed E-state index contributed by atoms with van der Waals surface area (Å²) in [6, 6.07) is 24.6. The number of benzene rings is 3. The van der Waals surface area contributed by atoms with Crippen LogP contribution in [-0.4, -0.2) is 128 Å². The van der Waals surface area contributed by atoms with Gasteiger partial charge in [-0.1, -0.05) is 54.6 Å². The molecule has 21 nitrogen and oxygen atoms in total. The molecule has 21 heteroatoms. The highest BCUT2D eigenvalue weighted by Crippen LogP contribution is 2.44. The second kappa shape index (κ2) is 26.2. The fourth-order valence-corrected chi connectivity index (χ4v) is 9.11. The molecule has 9 atom stereocenters. The number of methoxy groups -OCH3 is 2. The van der Waals surface area contributed by atoms with Crippen LogP contribution in [0.1, 0.15) is 82.7 Å². The zero-order valence-corrected chi connectivity index (χ0v) is 41.6. The maximum absolute atomic E-state index is 13.2. The van der Waals surface area contributed by atoms with Crippen molar-refractivity contribution >= 4 is 29.7 Å². The standard InChI is InChI=1S/C52H64N4O17/c1-31(57)54-45-48(71-34(4)60)47(70-33(3)59)42(29-68-32(2)58)73-50(45)67-28-11-10-16-43(61)53-26-12-15-40-46(63)41(72-49(40)56-27-25-44(62)55-51(56)64)30-69-52(35-13-8-7-9-14-35,36-17-21-38(65-5)22-18-36)37-19-23-39(66-6)24-20-37/h7-9,13-14,17-25,27,40-42,45-50,63H,10-12,15-16,26,28-30H2,1-6H3,(H,53,61)(H,54,57)(H,55,62,64)/t40-,41-,42?,45?,46+,47?,48?,49-,50?/m1/s1. The molecule has 0 saturated carbocycles. The number of amides is 2. The maximum atomic E-state index is 13.2. The van der Waals surface area contributed by atoms with E-state index in [1.165, 1.54) is 30.7 Å². The number of carbonyl (C=O) groups is 5. The van der Waals surface area contributed by atoms with Gasteiger partial charge >= 0.3 is 23.6 Å². The van der Waals surface area contributed by atoms with Gasteiger partial charge in [-0.15, -0.1) is 0 Å². The Kier molecular flexibility index (Phi) is 19.9. The highest BCUT2D eigenvalue weighted by molar-refractivity contribution is 5.75. The Morgan fingerprint density at radius 3 is 1.92 bits per heavy atom. The van der Waals surface area contributed by atoms with Gasteiger partial charge in [-0.05, 0) is 66.6 Å². The smallest absolute Gasteiger partial charge is 0.330 e. The highest BCUT2D eigenvalue weighted by Gasteiger charge is 2.52. The molecule has 0 spiro atoms. The molecule has 4 aromatic rings. The van der Waals surface area contributed by atoms with E-state index >= 15 is 0 Å². The van der Waals surface area contributed by atoms with Crippen LogP contribution in [0.15, 0.2) is 101 Å². The highest BCUT2D eigenvalue weighted by atomic mass is 16.7.